The zero-order chi connectivity index (χ0) is 41.3. The van der Waals surface area contributed by atoms with Crippen LogP contribution < -0.4 is 0 Å². The summed E-state index contributed by atoms with van der Waals surface area (Å²) in [7, 11) is 0. The first-order valence-corrected chi connectivity index (χ1v) is 22.1. The van der Waals surface area contributed by atoms with Gasteiger partial charge in [-0.15, -0.1) is 0 Å². The van der Waals surface area contributed by atoms with Crippen LogP contribution in [0.1, 0.15) is 55.2 Å². The number of hydrogen-bond donors (Lipinski definition) is 0. The first-order chi connectivity index (χ1) is 30.5. The predicted molar refractivity (Wildman–Crippen MR) is 251 cm³/mol. The largest absolute Gasteiger partial charge is 0.208 e. The number of nitriles is 1. The summed E-state index contributed by atoms with van der Waals surface area (Å²) >= 11 is 0. The van der Waals surface area contributed by atoms with Gasteiger partial charge in [-0.2, -0.15) is 5.26 Å². The van der Waals surface area contributed by atoms with E-state index in [2.05, 4.69) is 140 Å². The number of benzene rings is 8. The maximum Gasteiger partial charge on any atom is 0.164 e. The second-order valence-corrected chi connectivity index (χ2v) is 18.3. The molecule has 4 nitrogen and oxygen atoms in total. The summed E-state index contributed by atoms with van der Waals surface area (Å²) in [6.45, 7) is 0. The Labute approximate surface area is 362 Å². The predicted octanol–water partition coefficient (Wildman–Crippen LogP) is 14.2. The number of fused-ring (bicyclic) bond motifs is 3. The van der Waals surface area contributed by atoms with Crippen LogP contribution in [0.3, 0.4) is 0 Å². The van der Waals surface area contributed by atoms with Crippen LogP contribution in [0, 0.1) is 23.2 Å². The van der Waals surface area contributed by atoms with Gasteiger partial charge in [0.25, 0.3) is 0 Å². The van der Waals surface area contributed by atoms with Gasteiger partial charge in [-0.1, -0.05) is 158 Å². The minimum absolute atomic E-state index is 0.216. The lowest BCUT2D eigenvalue weighted by Gasteiger charge is -2.63. The molecule has 4 aliphatic carbocycles. The van der Waals surface area contributed by atoms with Crippen molar-refractivity contribution in [2.24, 2.45) is 11.8 Å². The number of aromatic nitrogens is 3. The molecule has 2 unspecified atom stereocenters. The standard InChI is InChI=1S/C58H44N4/c59-36-38-15-17-41(18-16-38)42-19-24-48(25-20-42)57-32-39-29-40(33-57)35-58(34-39,37-57)49-26-21-43(22-27-49)46-23-28-50-47(30-46)31-53(52-14-8-7-13-51(50)52)56-61-54(44-9-3-1-4-10-44)60-55(62-56)45-11-5-2-6-12-45/h1-28,30-31,39-40H,29,32-35,37H2. The van der Waals surface area contributed by atoms with E-state index in [-0.39, 0.29) is 10.8 Å². The van der Waals surface area contributed by atoms with Crippen molar-refractivity contribution in [3.8, 4) is 62.5 Å². The van der Waals surface area contributed by atoms with Crippen LogP contribution in [0.15, 0.2) is 182 Å². The van der Waals surface area contributed by atoms with E-state index in [0.717, 1.165) is 44.9 Å². The topological polar surface area (TPSA) is 62.5 Å². The van der Waals surface area contributed by atoms with Gasteiger partial charge in [-0.25, -0.2) is 15.0 Å². The first-order valence-electron chi connectivity index (χ1n) is 22.1. The molecule has 62 heavy (non-hydrogen) atoms. The first kappa shape index (κ1) is 36.6. The zero-order valence-corrected chi connectivity index (χ0v) is 34.5. The van der Waals surface area contributed by atoms with Crippen LogP contribution in [0.2, 0.25) is 0 Å². The molecule has 4 saturated carbocycles. The molecule has 0 saturated heterocycles. The van der Waals surface area contributed by atoms with E-state index >= 15 is 0 Å². The number of nitrogens with zero attached hydrogens (tertiary/aromatic N) is 4. The quantitative estimate of drug-likeness (QED) is 0.151. The van der Waals surface area contributed by atoms with Gasteiger partial charge >= 0.3 is 0 Å². The molecule has 0 N–H and O–H groups in total. The highest BCUT2D eigenvalue weighted by Crippen LogP contribution is 2.66. The van der Waals surface area contributed by atoms with Crippen LogP contribution in [-0.4, -0.2) is 15.0 Å². The molecule has 8 aromatic carbocycles. The number of rotatable bonds is 7. The van der Waals surface area contributed by atoms with E-state index in [1.165, 1.54) is 77.1 Å². The smallest absolute Gasteiger partial charge is 0.164 e. The van der Waals surface area contributed by atoms with Crippen molar-refractivity contribution < 1.29 is 0 Å². The fraction of sp³-hybridized carbons (Fsp3) is 0.172. The Morgan fingerprint density at radius 1 is 0.419 bits per heavy atom. The maximum absolute atomic E-state index is 9.27. The summed E-state index contributed by atoms with van der Waals surface area (Å²) < 4.78 is 0. The highest BCUT2D eigenvalue weighted by atomic mass is 15.0. The molecule has 1 heterocycles. The van der Waals surface area contributed by atoms with E-state index in [1.807, 2.05) is 48.5 Å². The molecule has 0 spiro atoms. The Hall–Kier alpha value is -7.22. The molecule has 2 atom stereocenters. The lowest BCUT2D eigenvalue weighted by molar-refractivity contribution is -0.0281. The minimum Gasteiger partial charge on any atom is -0.208 e. The van der Waals surface area contributed by atoms with Gasteiger partial charge < -0.3 is 0 Å². The Bertz CT molecular complexity index is 3110. The third-order valence-electron chi connectivity index (χ3n) is 14.5. The maximum atomic E-state index is 9.27. The molecule has 4 bridgehead atoms. The fourth-order valence-electron chi connectivity index (χ4n) is 12.1. The fourth-order valence-corrected chi connectivity index (χ4v) is 12.1. The summed E-state index contributed by atoms with van der Waals surface area (Å²) in [5, 5.41) is 14.0. The van der Waals surface area contributed by atoms with Gasteiger partial charge in [0.15, 0.2) is 17.5 Å². The average Bonchev–Trinajstić information content (AvgIpc) is 3.33. The highest BCUT2D eigenvalue weighted by Gasteiger charge is 2.58. The molecule has 4 fully saturated rings. The van der Waals surface area contributed by atoms with Crippen molar-refractivity contribution in [3.63, 3.8) is 0 Å². The Morgan fingerprint density at radius 3 is 1.44 bits per heavy atom. The molecule has 4 aliphatic rings. The van der Waals surface area contributed by atoms with Crippen LogP contribution in [0.4, 0.5) is 0 Å². The molecular weight excluding hydrogens is 753 g/mol. The molecule has 0 amide bonds. The summed E-state index contributed by atoms with van der Waals surface area (Å²) in [4.78, 5) is 15.2. The van der Waals surface area contributed by atoms with Crippen LogP contribution in [-0.2, 0) is 10.8 Å². The highest BCUT2D eigenvalue weighted by molar-refractivity contribution is 6.14. The van der Waals surface area contributed by atoms with Gasteiger partial charge in [0.2, 0.25) is 0 Å². The second-order valence-electron chi connectivity index (χ2n) is 18.3. The molecule has 0 aliphatic heterocycles. The number of hydrogen-bond acceptors (Lipinski definition) is 4. The van der Waals surface area contributed by atoms with Gasteiger partial charge in [0, 0.05) is 16.7 Å². The molecule has 13 rings (SSSR count). The lowest BCUT2D eigenvalue weighted by atomic mass is 9.41. The molecule has 4 heteroatoms. The van der Waals surface area contributed by atoms with E-state index in [4.69, 9.17) is 15.0 Å². The van der Waals surface area contributed by atoms with Crippen molar-refractivity contribution in [1.29, 1.82) is 5.26 Å². The second kappa shape index (κ2) is 14.5. The van der Waals surface area contributed by atoms with Gasteiger partial charge in [-0.05, 0) is 140 Å². The Morgan fingerprint density at radius 2 is 0.887 bits per heavy atom. The lowest BCUT2D eigenvalue weighted by Crippen LogP contribution is -2.55. The van der Waals surface area contributed by atoms with Crippen molar-refractivity contribution in [2.75, 3.05) is 0 Å². The third kappa shape index (κ3) is 6.22. The van der Waals surface area contributed by atoms with Crippen LogP contribution in [0.25, 0.3) is 78.0 Å². The van der Waals surface area contributed by atoms with Crippen LogP contribution >= 0.6 is 0 Å². The molecule has 0 radical (unpaired) electrons. The van der Waals surface area contributed by atoms with Crippen molar-refractivity contribution in [1.82, 2.24) is 15.0 Å². The molecule has 1 aromatic heterocycles. The summed E-state index contributed by atoms with van der Waals surface area (Å²) in [6.07, 6.45) is 7.81. The molecule has 9 aromatic rings. The summed E-state index contributed by atoms with van der Waals surface area (Å²) in [5.41, 5.74) is 11.9. The summed E-state index contributed by atoms with van der Waals surface area (Å²) in [5.74, 6) is 3.54. The van der Waals surface area contributed by atoms with Crippen molar-refractivity contribution in [2.45, 2.75) is 49.4 Å². The van der Waals surface area contributed by atoms with Gasteiger partial charge in [0.05, 0.1) is 11.6 Å². The van der Waals surface area contributed by atoms with E-state index in [9.17, 15) is 5.26 Å². The SMILES string of the molecule is N#Cc1ccc(-c2ccc(C34CC5CC(C3)CC(c3ccc(-c6ccc7c(c6)cc(-c6nc(-c8ccccc8)nc(-c8ccccc8)n6)c6ccccc67)cc3)(C5)C4)cc2)cc1. The van der Waals surface area contributed by atoms with Crippen molar-refractivity contribution in [3.05, 3.63) is 199 Å². The Kier molecular flexibility index (Phi) is 8.54. The van der Waals surface area contributed by atoms with E-state index in [0.29, 0.717) is 23.0 Å². The average molecular weight is 797 g/mol. The minimum atomic E-state index is 0.216. The van der Waals surface area contributed by atoms with E-state index in [1.54, 1.807) is 0 Å². The zero-order valence-electron chi connectivity index (χ0n) is 34.5. The van der Waals surface area contributed by atoms with Gasteiger partial charge in [0.1, 0.15) is 0 Å². The summed E-state index contributed by atoms with van der Waals surface area (Å²) in [6, 6.07) is 67.5. The molecule has 296 valence electrons. The third-order valence-corrected chi connectivity index (χ3v) is 14.5. The van der Waals surface area contributed by atoms with Crippen molar-refractivity contribution >= 4 is 21.5 Å². The van der Waals surface area contributed by atoms with E-state index < -0.39 is 0 Å². The van der Waals surface area contributed by atoms with Crippen LogP contribution in [0.5, 0.6) is 0 Å². The normalized spacial score (nSPS) is 21.3. The monoisotopic (exact) mass is 796 g/mol. The Balaban J connectivity index is 0.889. The molecular formula is C58H44N4. The van der Waals surface area contributed by atoms with Gasteiger partial charge in [-0.3, -0.25) is 0 Å².